The molecule has 4 rings (SSSR count). The first kappa shape index (κ1) is 17.0. The molecule has 1 amide bonds. The Morgan fingerprint density at radius 2 is 2.27 bits per heavy atom. The van der Waals surface area contributed by atoms with Crippen LogP contribution in [0, 0.1) is 12.3 Å². The molecule has 0 aromatic carbocycles. The van der Waals surface area contributed by atoms with Crippen LogP contribution in [0.2, 0.25) is 0 Å². The topological polar surface area (TPSA) is 77.7 Å². The van der Waals surface area contributed by atoms with Gasteiger partial charge in [0.05, 0.1) is 18.9 Å². The first-order valence-corrected chi connectivity index (χ1v) is 9.01. The largest absolute Gasteiger partial charge is 0.489 e. The molecule has 1 atom stereocenters. The fourth-order valence-corrected chi connectivity index (χ4v) is 3.79. The lowest BCUT2D eigenvalue weighted by atomic mass is 9.76. The summed E-state index contributed by atoms with van der Waals surface area (Å²) in [6, 6.07) is 5.44. The molecule has 0 radical (unpaired) electrons. The van der Waals surface area contributed by atoms with Crippen molar-refractivity contribution in [2.75, 3.05) is 26.3 Å². The lowest BCUT2D eigenvalue weighted by Crippen LogP contribution is -2.43. The quantitative estimate of drug-likeness (QED) is 0.836. The summed E-state index contributed by atoms with van der Waals surface area (Å²) in [7, 11) is 0. The molecule has 2 aliphatic rings. The van der Waals surface area contributed by atoms with Crippen molar-refractivity contribution in [1.82, 2.24) is 15.0 Å². The van der Waals surface area contributed by atoms with Gasteiger partial charge in [-0.25, -0.2) is 0 Å². The van der Waals surface area contributed by atoms with Gasteiger partial charge in [0.1, 0.15) is 18.1 Å². The third-order valence-electron chi connectivity index (χ3n) is 5.31. The van der Waals surface area contributed by atoms with Crippen molar-refractivity contribution >= 4 is 5.91 Å². The molecule has 1 unspecified atom stereocenters. The zero-order chi connectivity index (χ0) is 18.0. The highest BCUT2D eigenvalue weighted by Gasteiger charge is 2.43. The number of likely N-dealkylation sites (tertiary alicyclic amines) is 1. The molecule has 7 heteroatoms. The van der Waals surface area contributed by atoms with Crippen molar-refractivity contribution in [3.63, 3.8) is 0 Å². The standard InChI is InChI=1S/C19H23N3O4/c1-14-9-17(21-26-14)18(23)22-7-4-19(5-8-22)10-16(25-13-19)12-24-15-3-2-6-20-11-15/h2-3,6,9,11,16H,4-5,7-8,10,12-13H2,1H3. The lowest BCUT2D eigenvalue weighted by Gasteiger charge is -2.38. The van der Waals surface area contributed by atoms with Crippen LogP contribution in [0.15, 0.2) is 35.1 Å². The number of piperidine rings is 1. The molecule has 0 saturated carbocycles. The van der Waals surface area contributed by atoms with E-state index in [9.17, 15) is 4.79 Å². The fraction of sp³-hybridized carbons (Fsp3) is 0.526. The average Bonchev–Trinajstić information content (AvgIpc) is 3.28. The second-order valence-electron chi connectivity index (χ2n) is 7.25. The number of hydrogen-bond donors (Lipinski definition) is 0. The van der Waals surface area contributed by atoms with E-state index in [1.165, 1.54) is 0 Å². The molecule has 0 N–H and O–H groups in total. The Morgan fingerprint density at radius 3 is 2.96 bits per heavy atom. The molecular weight excluding hydrogens is 334 g/mol. The number of nitrogens with zero attached hydrogens (tertiary/aromatic N) is 3. The molecule has 2 fully saturated rings. The highest BCUT2D eigenvalue weighted by Crippen LogP contribution is 2.42. The maximum atomic E-state index is 12.5. The smallest absolute Gasteiger partial charge is 0.276 e. The van der Waals surface area contributed by atoms with Gasteiger partial charge >= 0.3 is 0 Å². The Kier molecular flexibility index (Phi) is 4.63. The Balaban J connectivity index is 1.28. The maximum absolute atomic E-state index is 12.5. The highest BCUT2D eigenvalue weighted by molar-refractivity contribution is 5.92. The minimum atomic E-state index is -0.0490. The van der Waals surface area contributed by atoms with Gasteiger partial charge in [0.2, 0.25) is 0 Å². The molecule has 7 nitrogen and oxygen atoms in total. The van der Waals surface area contributed by atoms with Gasteiger partial charge in [-0.1, -0.05) is 5.16 Å². The monoisotopic (exact) mass is 357 g/mol. The maximum Gasteiger partial charge on any atom is 0.276 e. The molecular formula is C19H23N3O4. The molecule has 2 aromatic rings. The van der Waals surface area contributed by atoms with Gasteiger partial charge in [-0.05, 0) is 43.7 Å². The molecule has 2 aromatic heterocycles. The SMILES string of the molecule is Cc1cc(C(=O)N2CCC3(CC2)COC(COc2cccnc2)C3)no1. The van der Waals surface area contributed by atoms with Gasteiger partial charge in [0.15, 0.2) is 5.69 Å². The van der Waals surface area contributed by atoms with Crippen molar-refractivity contribution in [3.05, 3.63) is 42.0 Å². The van der Waals surface area contributed by atoms with E-state index in [0.717, 1.165) is 44.7 Å². The van der Waals surface area contributed by atoms with Gasteiger partial charge in [0.25, 0.3) is 5.91 Å². The van der Waals surface area contributed by atoms with E-state index in [4.69, 9.17) is 14.0 Å². The minimum Gasteiger partial charge on any atom is -0.489 e. The van der Waals surface area contributed by atoms with Crippen LogP contribution in [-0.4, -0.2) is 53.4 Å². The molecule has 1 spiro atoms. The summed E-state index contributed by atoms with van der Waals surface area (Å²) in [6.07, 6.45) is 6.38. The second kappa shape index (κ2) is 7.07. The molecule has 4 heterocycles. The van der Waals surface area contributed by atoms with Gasteiger partial charge in [-0.15, -0.1) is 0 Å². The number of aromatic nitrogens is 2. The fourth-order valence-electron chi connectivity index (χ4n) is 3.79. The predicted octanol–water partition coefficient (Wildman–Crippen LogP) is 2.47. The minimum absolute atomic E-state index is 0.0490. The molecule has 2 saturated heterocycles. The summed E-state index contributed by atoms with van der Waals surface area (Å²) in [5.41, 5.74) is 0.545. The lowest BCUT2D eigenvalue weighted by molar-refractivity contribution is 0.0423. The Morgan fingerprint density at radius 1 is 1.42 bits per heavy atom. The third kappa shape index (κ3) is 3.58. The highest BCUT2D eigenvalue weighted by atomic mass is 16.5. The van der Waals surface area contributed by atoms with Crippen LogP contribution in [0.5, 0.6) is 5.75 Å². The van der Waals surface area contributed by atoms with Crippen LogP contribution >= 0.6 is 0 Å². The number of aryl methyl sites for hydroxylation is 1. The van der Waals surface area contributed by atoms with Crippen LogP contribution in [0.3, 0.4) is 0 Å². The molecule has 2 aliphatic heterocycles. The number of pyridine rings is 1. The Labute approximate surface area is 152 Å². The van der Waals surface area contributed by atoms with Crippen molar-refractivity contribution in [1.29, 1.82) is 0 Å². The first-order chi connectivity index (χ1) is 12.6. The average molecular weight is 357 g/mol. The van der Waals surface area contributed by atoms with Gasteiger partial charge in [-0.2, -0.15) is 0 Å². The number of ether oxygens (including phenoxy) is 2. The van der Waals surface area contributed by atoms with Crippen LogP contribution in [0.25, 0.3) is 0 Å². The molecule has 138 valence electrons. The number of amides is 1. The molecule has 0 aliphatic carbocycles. The predicted molar refractivity (Wildman–Crippen MR) is 92.9 cm³/mol. The summed E-state index contributed by atoms with van der Waals surface area (Å²) in [5.74, 6) is 1.37. The van der Waals surface area contributed by atoms with Crippen LogP contribution < -0.4 is 4.74 Å². The summed E-state index contributed by atoms with van der Waals surface area (Å²) < 4.78 is 16.8. The van der Waals surface area contributed by atoms with Crippen molar-refractivity contribution in [2.45, 2.75) is 32.3 Å². The van der Waals surface area contributed by atoms with Crippen LogP contribution in [0.1, 0.15) is 35.5 Å². The van der Waals surface area contributed by atoms with E-state index >= 15 is 0 Å². The number of rotatable bonds is 4. The van der Waals surface area contributed by atoms with Crippen molar-refractivity contribution in [3.8, 4) is 5.75 Å². The number of carbonyl (C=O) groups excluding carboxylic acids is 1. The zero-order valence-electron chi connectivity index (χ0n) is 14.9. The van der Waals surface area contributed by atoms with E-state index < -0.39 is 0 Å². The van der Waals surface area contributed by atoms with Crippen LogP contribution in [0.4, 0.5) is 0 Å². The van der Waals surface area contributed by atoms with E-state index in [-0.39, 0.29) is 17.4 Å². The first-order valence-electron chi connectivity index (χ1n) is 9.01. The summed E-state index contributed by atoms with van der Waals surface area (Å²) in [5, 5.41) is 3.83. The van der Waals surface area contributed by atoms with Gasteiger partial charge in [-0.3, -0.25) is 9.78 Å². The Hall–Kier alpha value is -2.41. The zero-order valence-corrected chi connectivity index (χ0v) is 14.9. The normalized spacial score (nSPS) is 21.9. The molecule has 26 heavy (non-hydrogen) atoms. The summed E-state index contributed by atoms with van der Waals surface area (Å²) >= 11 is 0. The van der Waals surface area contributed by atoms with E-state index in [1.54, 1.807) is 25.4 Å². The number of carbonyl (C=O) groups is 1. The van der Waals surface area contributed by atoms with Crippen LogP contribution in [-0.2, 0) is 4.74 Å². The Bertz CT molecular complexity index is 753. The van der Waals surface area contributed by atoms with Gasteiger partial charge in [0, 0.05) is 25.4 Å². The summed E-state index contributed by atoms with van der Waals surface area (Å²) in [6.45, 7) is 4.51. The third-order valence-corrected chi connectivity index (χ3v) is 5.31. The van der Waals surface area contributed by atoms with E-state index in [2.05, 4.69) is 10.1 Å². The van der Waals surface area contributed by atoms with Crippen molar-refractivity contribution in [2.24, 2.45) is 5.41 Å². The molecule has 0 bridgehead atoms. The van der Waals surface area contributed by atoms with E-state index in [1.807, 2.05) is 17.0 Å². The second-order valence-corrected chi connectivity index (χ2v) is 7.25. The van der Waals surface area contributed by atoms with Gasteiger partial charge < -0.3 is 18.9 Å². The van der Waals surface area contributed by atoms with Crippen molar-refractivity contribution < 1.29 is 18.8 Å². The van der Waals surface area contributed by atoms with E-state index in [0.29, 0.717) is 18.1 Å². The number of hydrogen-bond acceptors (Lipinski definition) is 6. The summed E-state index contributed by atoms with van der Waals surface area (Å²) in [4.78, 5) is 18.4.